The van der Waals surface area contributed by atoms with Crippen LogP contribution in [0, 0.1) is 0 Å². The van der Waals surface area contributed by atoms with Crippen LogP contribution in [0.25, 0.3) is 0 Å². The van der Waals surface area contributed by atoms with Gasteiger partial charge in [-0.3, -0.25) is 4.79 Å². The Morgan fingerprint density at radius 3 is 2.46 bits per heavy atom. The highest BCUT2D eigenvalue weighted by atomic mass is 79.9. The van der Waals surface area contributed by atoms with Crippen molar-refractivity contribution in [3.8, 4) is 11.5 Å². The third-order valence-corrected chi connectivity index (χ3v) is 5.63. The number of carbonyl (C=O) groups excluding carboxylic acids is 1. The SMILES string of the molecule is CC(Oc1ccc(Br)cc1)C(=O)N(C)CCCOc1cccc(S(C)(=O)=O)c1. The second kappa shape index (κ2) is 9.93. The van der Waals surface area contributed by atoms with Crippen molar-refractivity contribution >= 4 is 31.7 Å². The largest absolute Gasteiger partial charge is 0.493 e. The molecule has 1 amide bonds. The van der Waals surface area contributed by atoms with E-state index in [1.807, 2.05) is 12.1 Å². The van der Waals surface area contributed by atoms with Crippen molar-refractivity contribution in [3.05, 3.63) is 53.0 Å². The van der Waals surface area contributed by atoms with Gasteiger partial charge >= 0.3 is 0 Å². The summed E-state index contributed by atoms with van der Waals surface area (Å²) < 4.78 is 35.4. The fourth-order valence-corrected chi connectivity index (χ4v) is 3.39. The smallest absolute Gasteiger partial charge is 0.263 e. The monoisotopic (exact) mass is 469 g/mol. The summed E-state index contributed by atoms with van der Waals surface area (Å²) in [6, 6.07) is 13.7. The van der Waals surface area contributed by atoms with Crippen LogP contribution in [0.3, 0.4) is 0 Å². The predicted molar refractivity (Wildman–Crippen MR) is 112 cm³/mol. The number of nitrogens with zero attached hydrogens (tertiary/aromatic N) is 1. The van der Waals surface area contributed by atoms with E-state index in [-0.39, 0.29) is 10.8 Å². The number of sulfone groups is 1. The third-order valence-electron chi connectivity index (χ3n) is 3.99. The molecule has 0 spiro atoms. The first kappa shape index (κ1) is 22.2. The highest BCUT2D eigenvalue weighted by molar-refractivity contribution is 9.10. The standard InChI is InChI=1S/C20H24BrNO5S/c1-15(27-17-10-8-16(21)9-11-17)20(23)22(2)12-5-13-26-18-6-4-7-19(14-18)28(3,24)25/h4,6-11,14-15H,5,12-13H2,1-3H3. The Bertz CT molecular complexity index is 899. The van der Waals surface area contributed by atoms with Gasteiger partial charge in [-0.2, -0.15) is 0 Å². The van der Waals surface area contributed by atoms with Crippen LogP contribution in [0.15, 0.2) is 57.9 Å². The van der Waals surface area contributed by atoms with Crippen LogP contribution in [0.1, 0.15) is 13.3 Å². The Balaban J connectivity index is 1.78. The molecule has 8 heteroatoms. The number of ether oxygens (including phenoxy) is 2. The Morgan fingerprint density at radius 1 is 1.14 bits per heavy atom. The molecule has 2 aromatic rings. The maximum Gasteiger partial charge on any atom is 0.263 e. The lowest BCUT2D eigenvalue weighted by Crippen LogP contribution is -2.38. The van der Waals surface area contributed by atoms with Crippen molar-refractivity contribution in [2.75, 3.05) is 26.5 Å². The zero-order valence-electron chi connectivity index (χ0n) is 16.1. The number of amides is 1. The van der Waals surface area contributed by atoms with Gasteiger partial charge in [0.15, 0.2) is 15.9 Å². The second-order valence-corrected chi connectivity index (χ2v) is 9.35. The summed E-state index contributed by atoms with van der Waals surface area (Å²) in [5.41, 5.74) is 0. The molecule has 0 N–H and O–H groups in total. The molecular formula is C20H24BrNO5S. The molecule has 0 saturated heterocycles. The topological polar surface area (TPSA) is 72.9 Å². The average molecular weight is 470 g/mol. The number of likely N-dealkylation sites (N-methyl/N-ethyl adjacent to an activating group) is 1. The molecule has 2 rings (SSSR count). The molecule has 1 unspecified atom stereocenters. The van der Waals surface area contributed by atoms with Gasteiger partial charge in [0.25, 0.3) is 5.91 Å². The first-order chi connectivity index (χ1) is 13.2. The van der Waals surface area contributed by atoms with E-state index in [0.29, 0.717) is 31.1 Å². The van der Waals surface area contributed by atoms with E-state index in [4.69, 9.17) is 9.47 Å². The zero-order valence-corrected chi connectivity index (χ0v) is 18.5. The Hall–Kier alpha value is -2.06. The molecule has 0 radical (unpaired) electrons. The third kappa shape index (κ3) is 6.83. The molecular weight excluding hydrogens is 446 g/mol. The summed E-state index contributed by atoms with van der Waals surface area (Å²) in [4.78, 5) is 14.2. The van der Waals surface area contributed by atoms with Gasteiger partial charge < -0.3 is 14.4 Å². The van der Waals surface area contributed by atoms with Crippen molar-refractivity contribution in [3.63, 3.8) is 0 Å². The van der Waals surface area contributed by atoms with Crippen LogP contribution < -0.4 is 9.47 Å². The molecule has 6 nitrogen and oxygen atoms in total. The van der Waals surface area contributed by atoms with Gasteiger partial charge in [-0.15, -0.1) is 0 Å². The molecule has 0 fully saturated rings. The maximum absolute atomic E-state index is 12.4. The molecule has 0 saturated carbocycles. The first-order valence-corrected chi connectivity index (χ1v) is 11.5. The summed E-state index contributed by atoms with van der Waals surface area (Å²) in [7, 11) is -1.55. The van der Waals surface area contributed by atoms with Crippen LogP contribution in [0.5, 0.6) is 11.5 Å². The first-order valence-electron chi connectivity index (χ1n) is 8.77. The lowest BCUT2D eigenvalue weighted by Gasteiger charge is -2.22. The molecule has 2 aromatic carbocycles. The van der Waals surface area contributed by atoms with E-state index in [2.05, 4.69) is 15.9 Å². The summed E-state index contributed by atoms with van der Waals surface area (Å²) in [6.07, 6.45) is 1.17. The minimum Gasteiger partial charge on any atom is -0.493 e. The van der Waals surface area contributed by atoms with Crippen LogP contribution in [0.2, 0.25) is 0 Å². The fraction of sp³-hybridized carbons (Fsp3) is 0.350. The molecule has 152 valence electrons. The Morgan fingerprint density at radius 2 is 1.82 bits per heavy atom. The van der Waals surface area contributed by atoms with Crippen LogP contribution in [-0.4, -0.2) is 51.8 Å². The van der Waals surface area contributed by atoms with E-state index in [1.165, 1.54) is 12.1 Å². The van der Waals surface area contributed by atoms with Crippen LogP contribution >= 0.6 is 15.9 Å². The maximum atomic E-state index is 12.4. The van der Waals surface area contributed by atoms with Gasteiger partial charge in [0, 0.05) is 24.3 Å². The fourth-order valence-electron chi connectivity index (χ4n) is 2.47. The van der Waals surface area contributed by atoms with Crippen molar-refractivity contribution in [2.24, 2.45) is 0 Å². The lowest BCUT2D eigenvalue weighted by atomic mass is 10.3. The minimum atomic E-state index is -3.27. The van der Waals surface area contributed by atoms with Crippen molar-refractivity contribution in [2.45, 2.75) is 24.3 Å². The average Bonchev–Trinajstić information content (AvgIpc) is 2.65. The molecule has 0 aromatic heterocycles. The highest BCUT2D eigenvalue weighted by Gasteiger charge is 2.19. The zero-order chi connectivity index (χ0) is 20.7. The second-order valence-electron chi connectivity index (χ2n) is 6.42. The number of hydrogen-bond acceptors (Lipinski definition) is 5. The normalized spacial score (nSPS) is 12.3. The lowest BCUT2D eigenvalue weighted by molar-refractivity contribution is -0.136. The summed E-state index contributed by atoms with van der Waals surface area (Å²) in [6.45, 7) is 2.58. The molecule has 0 aliphatic rings. The van der Waals surface area contributed by atoms with Gasteiger partial charge in [0.1, 0.15) is 11.5 Å². The number of hydrogen-bond donors (Lipinski definition) is 0. The van der Waals surface area contributed by atoms with Gasteiger partial charge in [-0.05, 0) is 55.8 Å². The van der Waals surface area contributed by atoms with Crippen molar-refractivity contribution in [1.29, 1.82) is 0 Å². The van der Waals surface area contributed by atoms with Gasteiger partial charge in [-0.1, -0.05) is 22.0 Å². The summed E-state index contributed by atoms with van der Waals surface area (Å²) in [5, 5.41) is 0. The summed E-state index contributed by atoms with van der Waals surface area (Å²) in [5.74, 6) is 0.998. The highest BCUT2D eigenvalue weighted by Crippen LogP contribution is 2.19. The molecule has 0 aliphatic heterocycles. The number of halogens is 1. The molecule has 0 heterocycles. The van der Waals surface area contributed by atoms with Gasteiger partial charge in [0.2, 0.25) is 0 Å². The molecule has 0 bridgehead atoms. The molecule has 1 atom stereocenters. The number of rotatable bonds is 9. The van der Waals surface area contributed by atoms with E-state index in [1.54, 1.807) is 43.1 Å². The van der Waals surface area contributed by atoms with Crippen molar-refractivity contribution in [1.82, 2.24) is 4.90 Å². The minimum absolute atomic E-state index is 0.123. The molecule has 28 heavy (non-hydrogen) atoms. The number of carbonyl (C=O) groups is 1. The molecule has 0 aliphatic carbocycles. The van der Waals surface area contributed by atoms with E-state index in [9.17, 15) is 13.2 Å². The van der Waals surface area contributed by atoms with Gasteiger partial charge in [-0.25, -0.2) is 8.42 Å². The van der Waals surface area contributed by atoms with Crippen LogP contribution in [0.4, 0.5) is 0 Å². The van der Waals surface area contributed by atoms with Crippen molar-refractivity contribution < 1.29 is 22.7 Å². The van der Waals surface area contributed by atoms with E-state index < -0.39 is 15.9 Å². The quantitative estimate of drug-likeness (QED) is 0.525. The van der Waals surface area contributed by atoms with E-state index in [0.717, 1.165) is 10.7 Å². The Labute approximate surface area is 174 Å². The van der Waals surface area contributed by atoms with E-state index >= 15 is 0 Å². The number of benzene rings is 2. The van der Waals surface area contributed by atoms with Gasteiger partial charge in [0.05, 0.1) is 11.5 Å². The summed E-state index contributed by atoms with van der Waals surface area (Å²) >= 11 is 3.36. The Kier molecular flexibility index (Phi) is 7.88. The predicted octanol–water partition coefficient (Wildman–Crippen LogP) is 3.55. The van der Waals surface area contributed by atoms with Crippen LogP contribution in [-0.2, 0) is 14.6 Å².